The third-order valence-corrected chi connectivity index (χ3v) is 6.92. The van der Waals surface area contributed by atoms with Crippen LogP contribution in [0.5, 0.6) is 5.75 Å². The first-order chi connectivity index (χ1) is 13.8. The van der Waals surface area contributed by atoms with Gasteiger partial charge in [-0.25, -0.2) is 8.42 Å². The number of carbonyl (C=O) groups excluding carboxylic acids is 1. The lowest BCUT2D eigenvalue weighted by atomic mass is 10.1. The fourth-order valence-corrected chi connectivity index (χ4v) is 5.04. The molecule has 2 aromatic rings. The fourth-order valence-electron chi connectivity index (χ4n) is 3.79. The number of fused-ring (bicyclic) bond motifs is 1. The zero-order valence-corrected chi connectivity index (χ0v) is 17.8. The lowest BCUT2D eigenvalue weighted by Crippen LogP contribution is -2.32. The van der Waals surface area contributed by atoms with Crippen LogP contribution in [-0.2, 0) is 21.2 Å². The number of hydrogen-bond acceptors (Lipinski definition) is 4. The number of sulfonamides is 1. The number of rotatable bonds is 6. The van der Waals surface area contributed by atoms with Crippen LogP contribution in [0.25, 0.3) is 0 Å². The molecule has 2 aromatic carbocycles. The Labute approximate surface area is 171 Å². The maximum absolute atomic E-state index is 13.1. The van der Waals surface area contributed by atoms with Crippen molar-refractivity contribution in [3.05, 3.63) is 47.5 Å². The summed E-state index contributed by atoms with van der Waals surface area (Å²) in [6.45, 7) is 4.39. The summed E-state index contributed by atoms with van der Waals surface area (Å²) in [5, 5.41) is 0. The van der Waals surface area contributed by atoms with Gasteiger partial charge in [0, 0.05) is 23.8 Å². The van der Waals surface area contributed by atoms with Gasteiger partial charge in [-0.2, -0.15) is 0 Å². The van der Waals surface area contributed by atoms with Crippen LogP contribution in [0.3, 0.4) is 0 Å². The Hall–Kier alpha value is -2.54. The molecule has 0 saturated heterocycles. The molecule has 0 unspecified atom stereocenters. The Kier molecular flexibility index (Phi) is 5.02. The lowest BCUT2D eigenvalue weighted by molar-refractivity contribution is -0.121. The molecule has 0 bridgehead atoms. The van der Waals surface area contributed by atoms with Gasteiger partial charge in [0.2, 0.25) is 5.91 Å². The molecule has 0 aromatic heterocycles. The third-order valence-electron chi connectivity index (χ3n) is 5.51. The van der Waals surface area contributed by atoms with Crippen molar-refractivity contribution in [1.82, 2.24) is 0 Å². The second kappa shape index (κ2) is 7.37. The summed E-state index contributed by atoms with van der Waals surface area (Å²) in [6, 6.07) is 10.7. The van der Waals surface area contributed by atoms with E-state index in [0.29, 0.717) is 30.3 Å². The lowest BCUT2D eigenvalue weighted by Gasteiger charge is -2.20. The molecule has 6 nitrogen and oxygen atoms in total. The number of methoxy groups -OCH3 is 1. The Bertz CT molecular complexity index is 1060. The zero-order chi connectivity index (χ0) is 20.8. The highest BCUT2D eigenvalue weighted by atomic mass is 32.2. The number of ether oxygens (including phenoxy) is 1. The molecule has 1 saturated carbocycles. The second-order valence-corrected chi connectivity index (χ2v) is 9.68. The summed E-state index contributed by atoms with van der Waals surface area (Å²) in [5.74, 6) is 0.778. The molecule has 7 heteroatoms. The predicted molar refractivity (Wildman–Crippen MR) is 113 cm³/mol. The van der Waals surface area contributed by atoms with Gasteiger partial charge in [0.05, 0.1) is 7.11 Å². The summed E-state index contributed by atoms with van der Waals surface area (Å²) < 4.78 is 34.1. The van der Waals surface area contributed by atoms with Crippen LogP contribution in [0.4, 0.5) is 11.4 Å². The standard InChI is InChI=1S/C22H26N2O4S/c1-14(2)22(25)24-11-10-17-12-18(7-8-19(17)24)23-29(26,27)21-13-16(15-4-5-15)6-9-20(21)28-3/h6-9,12-15,23H,4-5,10-11H2,1-3H3. The molecule has 1 aliphatic heterocycles. The Morgan fingerprint density at radius 3 is 2.59 bits per heavy atom. The van der Waals surface area contributed by atoms with E-state index < -0.39 is 10.0 Å². The summed E-state index contributed by atoms with van der Waals surface area (Å²) >= 11 is 0. The van der Waals surface area contributed by atoms with Crippen molar-refractivity contribution in [3.63, 3.8) is 0 Å². The van der Waals surface area contributed by atoms with E-state index in [1.54, 1.807) is 23.1 Å². The van der Waals surface area contributed by atoms with Gasteiger partial charge in [0.15, 0.2) is 0 Å². The van der Waals surface area contributed by atoms with E-state index in [4.69, 9.17) is 4.74 Å². The summed E-state index contributed by atoms with van der Waals surface area (Å²) in [5.41, 5.74) is 3.35. The van der Waals surface area contributed by atoms with E-state index in [-0.39, 0.29) is 16.7 Å². The predicted octanol–water partition coefficient (Wildman–Crippen LogP) is 3.92. The second-order valence-electron chi connectivity index (χ2n) is 8.03. The molecule has 1 fully saturated rings. The molecular weight excluding hydrogens is 388 g/mol. The minimum Gasteiger partial charge on any atom is -0.495 e. The number of carbonyl (C=O) groups is 1. The molecule has 2 aliphatic rings. The number of anilines is 2. The molecule has 154 valence electrons. The molecular formula is C22H26N2O4S. The first-order valence-electron chi connectivity index (χ1n) is 9.95. The van der Waals surface area contributed by atoms with Crippen molar-refractivity contribution in [2.75, 3.05) is 23.3 Å². The highest BCUT2D eigenvalue weighted by Gasteiger charge is 2.29. The zero-order valence-electron chi connectivity index (χ0n) is 16.9. The number of hydrogen-bond donors (Lipinski definition) is 1. The largest absolute Gasteiger partial charge is 0.495 e. The highest BCUT2D eigenvalue weighted by Crippen LogP contribution is 2.42. The van der Waals surface area contributed by atoms with E-state index >= 15 is 0 Å². The Morgan fingerprint density at radius 2 is 1.93 bits per heavy atom. The maximum atomic E-state index is 13.1. The first kappa shape index (κ1) is 19.8. The smallest absolute Gasteiger partial charge is 0.265 e. The minimum atomic E-state index is -3.80. The topological polar surface area (TPSA) is 75.7 Å². The number of benzene rings is 2. The van der Waals surface area contributed by atoms with Gasteiger partial charge in [-0.15, -0.1) is 0 Å². The van der Waals surface area contributed by atoms with Gasteiger partial charge in [-0.05, 0) is 66.6 Å². The maximum Gasteiger partial charge on any atom is 0.265 e. The SMILES string of the molecule is COc1ccc(C2CC2)cc1S(=O)(=O)Nc1ccc2c(c1)CCN2C(=O)C(C)C. The summed E-state index contributed by atoms with van der Waals surface area (Å²) in [6.07, 6.45) is 2.90. The molecule has 1 amide bonds. The molecule has 0 atom stereocenters. The number of nitrogens with zero attached hydrogens (tertiary/aromatic N) is 1. The van der Waals surface area contributed by atoms with Crippen molar-refractivity contribution in [2.24, 2.45) is 5.92 Å². The van der Waals surface area contributed by atoms with E-state index in [1.807, 2.05) is 32.0 Å². The van der Waals surface area contributed by atoms with E-state index in [1.165, 1.54) is 7.11 Å². The molecule has 1 aliphatic carbocycles. The van der Waals surface area contributed by atoms with Crippen LogP contribution in [-0.4, -0.2) is 28.0 Å². The molecule has 1 heterocycles. The van der Waals surface area contributed by atoms with Gasteiger partial charge >= 0.3 is 0 Å². The summed E-state index contributed by atoms with van der Waals surface area (Å²) in [4.78, 5) is 14.3. The van der Waals surface area contributed by atoms with Crippen LogP contribution < -0.4 is 14.4 Å². The van der Waals surface area contributed by atoms with Crippen LogP contribution in [0, 0.1) is 5.92 Å². The Morgan fingerprint density at radius 1 is 1.17 bits per heavy atom. The average molecular weight is 415 g/mol. The molecule has 29 heavy (non-hydrogen) atoms. The fraction of sp³-hybridized carbons (Fsp3) is 0.409. The monoisotopic (exact) mass is 414 g/mol. The average Bonchev–Trinajstić information content (AvgIpc) is 3.46. The Balaban J connectivity index is 1.61. The highest BCUT2D eigenvalue weighted by molar-refractivity contribution is 7.92. The van der Waals surface area contributed by atoms with Crippen molar-refractivity contribution in [1.29, 1.82) is 0 Å². The van der Waals surface area contributed by atoms with E-state index in [0.717, 1.165) is 29.7 Å². The van der Waals surface area contributed by atoms with Crippen molar-refractivity contribution in [2.45, 2.75) is 43.9 Å². The van der Waals surface area contributed by atoms with Gasteiger partial charge in [-0.1, -0.05) is 19.9 Å². The third kappa shape index (κ3) is 3.83. The van der Waals surface area contributed by atoms with Crippen molar-refractivity contribution >= 4 is 27.3 Å². The molecule has 1 N–H and O–H groups in total. The van der Waals surface area contributed by atoms with Crippen molar-refractivity contribution < 1.29 is 17.9 Å². The normalized spacial score (nSPS) is 16.1. The molecule has 0 radical (unpaired) electrons. The quantitative estimate of drug-likeness (QED) is 0.777. The minimum absolute atomic E-state index is 0.0784. The number of nitrogens with one attached hydrogen (secondary N) is 1. The van der Waals surface area contributed by atoms with Gasteiger partial charge in [0.1, 0.15) is 10.6 Å². The van der Waals surface area contributed by atoms with Gasteiger partial charge < -0.3 is 9.64 Å². The van der Waals surface area contributed by atoms with E-state index in [2.05, 4.69) is 4.72 Å². The van der Waals surface area contributed by atoms with Gasteiger partial charge in [0.25, 0.3) is 10.0 Å². The van der Waals surface area contributed by atoms with Crippen LogP contribution in [0.2, 0.25) is 0 Å². The van der Waals surface area contributed by atoms with Crippen molar-refractivity contribution in [3.8, 4) is 5.75 Å². The first-order valence-corrected chi connectivity index (χ1v) is 11.4. The summed E-state index contributed by atoms with van der Waals surface area (Å²) in [7, 11) is -2.33. The number of amides is 1. The van der Waals surface area contributed by atoms with E-state index in [9.17, 15) is 13.2 Å². The molecule has 4 rings (SSSR count). The van der Waals surface area contributed by atoms with Crippen LogP contribution in [0.15, 0.2) is 41.3 Å². The molecule has 0 spiro atoms. The van der Waals surface area contributed by atoms with Crippen LogP contribution in [0.1, 0.15) is 43.7 Å². The van der Waals surface area contributed by atoms with Gasteiger partial charge in [-0.3, -0.25) is 9.52 Å². The van der Waals surface area contributed by atoms with Crippen LogP contribution >= 0.6 is 0 Å².